The summed E-state index contributed by atoms with van der Waals surface area (Å²) < 4.78 is 10.6. The Balaban J connectivity index is 1.87. The van der Waals surface area contributed by atoms with Crippen molar-refractivity contribution in [1.82, 2.24) is 16.2 Å². The lowest BCUT2D eigenvalue weighted by molar-refractivity contribution is 0.0934. The van der Waals surface area contributed by atoms with Crippen LogP contribution in [0, 0.1) is 0 Å². The van der Waals surface area contributed by atoms with Crippen LogP contribution in [0.3, 0.4) is 0 Å². The van der Waals surface area contributed by atoms with Crippen molar-refractivity contribution in [1.29, 1.82) is 0 Å². The van der Waals surface area contributed by atoms with Crippen LogP contribution in [0.5, 0.6) is 11.5 Å². The predicted octanol–water partition coefficient (Wildman–Crippen LogP) is 2.43. The number of thiocarbonyl (C=S) groups is 1. The number of hydrogen-bond donors (Lipinski definition) is 3. The number of hydrazine groups is 1. The topological polar surface area (TPSA) is 88.7 Å². The van der Waals surface area contributed by atoms with Crippen LogP contribution in [-0.2, 0) is 0 Å². The van der Waals surface area contributed by atoms with Crippen LogP contribution in [0.1, 0.15) is 34.6 Å². The number of methoxy groups -OCH3 is 1. The predicted molar refractivity (Wildman–Crippen MR) is 106 cm³/mol. The molecule has 0 aliphatic carbocycles. The van der Waals surface area contributed by atoms with Crippen LogP contribution >= 0.6 is 12.2 Å². The van der Waals surface area contributed by atoms with Gasteiger partial charge in [-0.3, -0.25) is 25.8 Å². The van der Waals surface area contributed by atoms with Crippen LogP contribution in [0.25, 0.3) is 0 Å². The average Bonchev–Trinajstić information content (AvgIpc) is 2.65. The highest BCUT2D eigenvalue weighted by Crippen LogP contribution is 2.15. The maximum atomic E-state index is 12.3. The number of carbonyl (C=O) groups is 2. The van der Waals surface area contributed by atoms with E-state index >= 15 is 0 Å². The summed E-state index contributed by atoms with van der Waals surface area (Å²) in [7, 11) is 1.54. The number of rotatable bonds is 5. The quantitative estimate of drug-likeness (QED) is 0.539. The summed E-state index contributed by atoms with van der Waals surface area (Å²) in [6, 6.07) is 13.3. The van der Waals surface area contributed by atoms with E-state index in [-0.39, 0.29) is 11.2 Å². The van der Waals surface area contributed by atoms with Crippen molar-refractivity contribution in [3.63, 3.8) is 0 Å². The van der Waals surface area contributed by atoms with Gasteiger partial charge in [0.15, 0.2) is 5.11 Å². The first-order valence-corrected chi connectivity index (χ1v) is 8.62. The first-order valence-electron chi connectivity index (χ1n) is 8.21. The van der Waals surface area contributed by atoms with Gasteiger partial charge in [0.2, 0.25) is 0 Å². The molecule has 0 spiro atoms. The first kappa shape index (κ1) is 20.2. The highest BCUT2D eigenvalue weighted by atomic mass is 32.1. The van der Waals surface area contributed by atoms with E-state index in [4.69, 9.17) is 21.7 Å². The molecule has 0 radical (unpaired) electrons. The van der Waals surface area contributed by atoms with E-state index < -0.39 is 11.8 Å². The number of amides is 2. The molecule has 0 atom stereocenters. The molecule has 0 aliphatic rings. The zero-order chi connectivity index (χ0) is 19.8. The van der Waals surface area contributed by atoms with Gasteiger partial charge in [0, 0.05) is 11.1 Å². The van der Waals surface area contributed by atoms with Gasteiger partial charge in [0.25, 0.3) is 11.8 Å². The molecular formula is C19H21N3O4S. The fourth-order valence-electron chi connectivity index (χ4n) is 2.12. The van der Waals surface area contributed by atoms with E-state index in [0.29, 0.717) is 22.6 Å². The number of nitrogens with one attached hydrogen (secondary N) is 3. The van der Waals surface area contributed by atoms with Crippen LogP contribution in [0.2, 0.25) is 0 Å². The number of hydrogen-bond acceptors (Lipinski definition) is 5. The number of benzene rings is 2. The zero-order valence-corrected chi connectivity index (χ0v) is 16.1. The zero-order valence-electron chi connectivity index (χ0n) is 15.2. The minimum atomic E-state index is -0.416. The maximum absolute atomic E-state index is 12.3. The van der Waals surface area contributed by atoms with Crippen LogP contribution in [-0.4, -0.2) is 30.1 Å². The monoisotopic (exact) mass is 387 g/mol. The Bertz CT molecular complexity index is 822. The molecule has 0 aliphatic heterocycles. The van der Waals surface area contributed by atoms with E-state index in [1.54, 1.807) is 55.6 Å². The third-order valence-corrected chi connectivity index (χ3v) is 3.54. The lowest BCUT2D eigenvalue weighted by atomic mass is 10.2. The van der Waals surface area contributed by atoms with Crippen LogP contribution in [0.15, 0.2) is 48.5 Å². The SMILES string of the molecule is COc1ccc(C(=O)NNC(=S)NC(=O)c2cccc(OC(C)C)c2)cc1. The fraction of sp³-hybridized carbons (Fsp3) is 0.211. The van der Waals surface area contributed by atoms with Crippen molar-refractivity contribution in [3.8, 4) is 11.5 Å². The Kier molecular flexibility index (Phi) is 7.13. The summed E-state index contributed by atoms with van der Waals surface area (Å²) in [5.41, 5.74) is 5.72. The minimum absolute atomic E-state index is 0.000721. The second-order valence-electron chi connectivity index (χ2n) is 5.79. The van der Waals surface area contributed by atoms with Crippen molar-refractivity contribution in [3.05, 3.63) is 59.7 Å². The summed E-state index contributed by atoms with van der Waals surface area (Å²) in [6.07, 6.45) is -0.000721. The van der Waals surface area contributed by atoms with E-state index in [9.17, 15) is 9.59 Å². The molecule has 2 aromatic carbocycles. The molecule has 142 valence electrons. The highest BCUT2D eigenvalue weighted by molar-refractivity contribution is 7.80. The molecule has 0 fully saturated rings. The summed E-state index contributed by atoms with van der Waals surface area (Å²) in [4.78, 5) is 24.3. The molecule has 0 saturated heterocycles. The van der Waals surface area contributed by atoms with E-state index in [0.717, 1.165) is 0 Å². The molecule has 2 amide bonds. The molecule has 2 rings (SSSR count). The van der Waals surface area contributed by atoms with Crippen LogP contribution in [0.4, 0.5) is 0 Å². The van der Waals surface area contributed by atoms with Crippen molar-refractivity contribution in [2.75, 3.05) is 7.11 Å². The van der Waals surface area contributed by atoms with Gasteiger partial charge in [0.1, 0.15) is 11.5 Å². The molecule has 2 aromatic rings. The molecule has 0 bridgehead atoms. The molecule has 0 aromatic heterocycles. The van der Waals surface area contributed by atoms with Crippen molar-refractivity contribution >= 4 is 29.1 Å². The van der Waals surface area contributed by atoms with Gasteiger partial charge in [-0.25, -0.2) is 0 Å². The van der Waals surface area contributed by atoms with Gasteiger partial charge in [-0.2, -0.15) is 0 Å². The number of carbonyl (C=O) groups excluding carboxylic acids is 2. The summed E-state index contributed by atoms with van der Waals surface area (Å²) >= 11 is 5.03. The van der Waals surface area contributed by atoms with Gasteiger partial charge >= 0.3 is 0 Å². The Hall–Kier alpha value is -3.13. The molecule has 7 nitrogen and oxygen atoms in total. The van der Waals surface area contributed by atoms with Crippen LogP contribution < -0.4 is 25.6 Å². The van der Waals surface area contributed by atoms with Gasteiger partial charge in [-0.1, -0.05) is 6.07 Å². The summed E-state index contributed by atoms with van der Waals surface area (Å²) in [5.74, 6) is 0.414. The van der Waals surface area contributed by atoms with E-state index in [1.807, 2.05) is 13.8 Å². The van der Waals surface area contributed by atoms with Gasteiger partial charge < -0.3 is 9.47 Å². The number of ether oxygens (including phenoxy) is 2. The van der Waals surface area contributed by atoms with Gasteiger partial charge in [-0.15, -0.1) is 0 Å². The second-order valence-corrected chi connectivity index (χ2v) is 6.19. The standard InChI is InChI=1S/C19H21N3O4S/c1-12(2)26-16-6-4-5-14(11-16)17(23)20-19(27)22-21-18(24)13-7-9-15(25-3)10-8-13/h4-12H,1-3H3,(H,21,24)(H2,20,22,23,27). The largest absolute Gasteiger partial charge is 0.497 e. The molecule has 3 N–H and O–H groups in total. The van der Waals surface area contributed by atoms with Crippen molar-refractivity contribution in [2.24, 2.45) is 0 Å². The molecule has 0 unspecified atom stereocenters. The van der Waals surface area contributed by atoms with E-state index in [1.165, 1.54) is 0 Å². The highest BCUT2D eigenvalue weighted by Gasteiger charge is 2.11. The third-order valence-electron chi connectivity index (χ3n) is 3.34. The Labute approximate surface area is 163 Å². The lowest BCUT2D eigenvalue weighted by Gasteiger charge is -2.12. The average molecular weight is 387 g/mol. The Morgan fingerprint density at radius 1 is 0.926 bits per heavy atom. The van der Waals surface area contributed by atoms with E-state index in [2.05, 4.69) is 16.2 Å². The Morgan fingerprint density at radius 3 is 2.26 bits per heavy atom. The molecular weight excluding hydrogens is 366 g/mol. The molecule has 0 heterocycles. The smallest absolute Gasteiger partial charge is 0.269 e. The summed E-state index contributed by atoms with van der Waals surface area (Å²) in [5, 5.41) is 2.46. The lowest BCUT2D eigenvalue weighted by Crippen LogP contribution is -2.48. The van der Waals surface area contributed by atoms with Gasteiger partial charge in [0.05, 0.1) is 13.2 Å². The third kappa shape index (κ3) is 6.27. The fourth-order valence-corrected chi connectivity index (χ4v) is 2.26. The van der Waals surface area contributed by atoms with Crippen molar-refractivity contribution in [2.45, 2.75) is 20.0 Å². The minimum Gasteiger partial charge on any atom is -0.497 e. The second kappa shape index (κ2) is 9.54. The first-order chi connectivity index (χ1) is 12.9. The molecule has 8 heteroatoms. The molecule has 27 heavy (non-hydrogen) atoms. The van der Waals surface area contributed by atoms with Gasteiger partial charge in [-0.05, 0) is 68.5 Å². The van der Waals surface area contributed by atoms with Crippen molar-refractivity contribution < 1.29 is 19.1 Å². The maximum Gasteiger partial charge on any atom is 0.269 e. The summed E-state index contributed by atoms with van der Waals surface area (Å²) in [6.45, 7) is 3.80. The normalized spacial score (nSPS) is 10.1. The molecule has 0 saturated carbocycles. The Morgan fingerprint density at radius 2 is 1.63 bits per heavy atom.